The van der Waals surface area contributed by atoms with Crippen LogP contribution in [0.25, 0.3) is 22.8 Å². The predicted molar refractivity (Wildman–Crippen MR) is 83.8 cm³/mol. The normalized spacial score (nSPS) is 10.5. The van der Waals surface area contributed by atoms with Crippen LogP contribution in [0.4, 0.5) is 0 Å². The van der Waals surface area contributed by atoms with Gasteiger partial charge >= 0.3 is 0 Å². The molecule has 0 unspecified atom stereocenters. The van der Waals surface area contributed by atoms with Crippen molar-refractivity contribution in [2.24, 2.45) is 7.05 Å². The molecule has 2 aromatic carbocycles. The van der Waals surface area contributed by atoms with Gasteiger partial charge in [-0.3, -0.25) is 4.79 Å². The Kier molecular flexibility index (Phi) is 3.70. The molecule has 0 fully saturated rings. The topological polar surface area (TPSA) is 57.0 Å². The number of aldehydes is 1. The van der Waals surface area contributed by atoms with Crippen LogP contribution in [0.2, 0.25) is 0 Å². The number of aromatic nitrogens is 3. The highest BCUT2D eigenvalue weighted by Gasteiger charge is 2.11. The zero-order valence-corrected chi connectivity index (χ0v) is 12.4. The molecule has 22 heavy (non-hydrogen) atoms. The molecule has 1 aromatic heterocycles. The van der Waals surface area contributed by atoms with Crippen LogP contribution in [0.5, 0.6) is 5.75 Å². The zero-order valence-electron chi connectivity index (χ0n) is 12.4. The zero-order chi connectivity index (χ0) is 15.5. The summed E-state index contributed by atoms with van der Waals surface area (Å²) in [5.41, 5.74) is 2.38. The van der Waals surface area contributed by atoms with Crippen molar-refractivity contribution < 1.29 is 9.53 Å². The maximum Gasteiger partial charge on any atom is 0.181 e. The minimum Gasteiger partial charge on any atom is -0.497 e. The van der Waals surface area contributed by atoms with Crippen molar-refractivity contribution in [3.8, 4) is 28.5 Å². The number of methoxy groups -OCH3 is 1. The van der Waals surface area contributed by atoms with Gasteiger partial charge in [-0.15, -0.1) is 0 Å². The average Bonchev–Trinajstić information content (AvgIpc) is 2.97. The largest absolute Gasteiger partial charge is 0.497 e. The Hall–Kier alpha value is -2.95. The maximum atomic E-state index is 10.9. The molecule has 0 atom stereocenters. The molecule has 0 radical (unpaired) electrons. The fourth-order valence-corrected chi connectivity index (χ4v) is 2.25. The molecule has 0 saturated carbocycles. The molecule has 1 heterocycles. The van der Waals surface area contributed by atoms with E-state index >= 15 is 0 Å². The summed E-state index contributed by atoms with van der Waals surface area (Å²) in [6, 6.07) is 14.9. The third-order valence-corrected chi connectivity index (χ3v) is 3.39. The smallest absolute Gasteiger partial charge is 0.181 e. The Balaban J connectivity index is 2.00. The average molecular weight is 293 g/mol. The van der Waals surface area contributed by atoms with Gasteiger partial charge in [-0.1, -0.05) is 18.2 Å². The SMILES string of the molecule is COc1ccc(-c2nc(-c3cccc(C=O)c3)nn2C)cc1. The van der Waals surface area contributed by atoms with Gasteiger partial charge in [-0.25, -0.2) is 9.67 Å². The fraction of sp³-hybridized carbons (Fsp3) is 0.118. The van der Waals surface area contributed by atoms with Gasteiger partial charge in [-0.2, -0.15) is 5.10 Å². The van der Waals surface area contributed by atoms with Crippen molar-refractivity contribution in [3.05, 3.63) is 54.1 Å². The lowest BCUT2D eigenvalue weighted by atomic mass is 10.1. The summed E-state index contributed by atoms with van der Waals surface area (Å²) < 4.78 is 6.89. The van der Waals surface area contributed by atoms with Crippen molar-refractivity contribution in [1.29, 1.82) is 0 Å². The third-order valence-electron chi connectivity index (χ3n) is 3.39. The Labute approximate surface area is 128 Å². The molecular weight excluding hydrogens is 278 g/mol. The highest BCUT2D eigenvalue weighted by molar-refractivity contribution is 5.77. The molecule has 0 aliphatic heterocycles. The molecule has 0 saturated heterocycles. The van der Waals surface area contributed by atoms with Gasteiger partial charge in [0.25, 0.3) is 0 Å². The van der Waals surface area contributed by atoms with E-state index in [9.17, 15) is 4.79 Å². The maximum absolute atomic E-state index is 10.9. The first-order chi connectivity index (χ1) is 10.7. The summed E-state index contributed by atoms with van der Waals surface area (Å²) in [6.07, 6.45) is 0.816. The number of hydrogen-bond acceptors (Lipinski definition) is 4. The lowest BCUT2D eigenvalue weighted by molar-refractivity contribution is 0.112. The first-order valence-electron chi connectivity index (χ1n) is 6.82. The van der Waals surface area contributed by atoms with Gasteiger partial charge in [0.1, 0.15) is 12.0 Å². The number of carbonyl (C=O) groups excluding carboxylic acids is 1. The second kappa shape index (κ2) is 5.81. The third kappa shape index (κ3) is 2.61. The number of ether oxygens (including phenoxy) is 1. The van der Waals surface area contributed by atoms with Crippen LogP contribution in [-0.4, -0.2) is 28.2 Å². The van der Waals surface area contributed by atoms with Crippen LogP contribution >= 0.6 is 0 Å². The predicted octanol–water partition coefficient (Wildman–Crippen LogP) is 2.97. The number of rotatable bonds is 4. The molecule has 0 aliphatic carbocycles. The van der Waals surface area contributed by atoms with E-state index in [4.69, 9.17) is 4.74 Å². The highest BCUT2D eigenvalue weighted by Crippen LogP contribution is 2.24. The number of hydrogen-bond donors (Lipinski definition) is 0. The Morgan fingerprint density at radius 2 is 1.86 bits per heavy atom. The van der Waals surface area contributed by atoms with Crippen molar-refractivity contribution in [2.75, 3.05) is 7.11 Å². The summed E-state index contributed by atoms with van der Waals surface area (Å²) in [6.45, 7) is 0. The molecule has 5 nitrogen and oxygen atoms in total. The Morgan fingerprint density at radius 1 is 1.09 bits per heavy atom. The quantitative estimate of drug-likeness (QED) is 0.694. The molecule has 110 valence electrons. The number of benzene rings is 2. The lowest BCUT2D eigenvalue weighted by Gasteiger charge is -2.02. The van der Waals surface area contributed by atoms with Crippen LogP contribution in [0.15, 0.2) is 48.5 Å². The molecule has 0 aliphatic rings. The van der Waals surface area contributed by atoms with Crippen molar-refractivity contribution in [1.82, 2.24) is 14.8 Å². The van der Waals surface area contributed by atoms with Crippen molar-refractivity contribution >= 4 is 6.29 Å². The Morgan fingerprint density at radius 3 is 2.55 bits per heavy atom. The standard InChI is InChI=1S/C17H15N3O2/c1-20-17(13-6-8-15(22-2)9-7-13)18-16(19-20)14-5-3-4-12(10-14)11-21/h3-11H,1-2H3. The van der Waals surface area contributed by atoms with Crippen molar-refractivity contribution in [3.63, 3.8) is 0 Å². The second-order valence-electron chi connectivity index (χ2n) is 4.85. The molecule has 0 spiro atoms. The molecule has 0 bridgehead atoms. The summed E-state index contributed by atoms with van der Waals surface area (Å²) >= 11 is 0. The monoisotopic (exact) mass is 293 g/mol. The van der Waals surface area contributed by atoms with E-state index in [-0.39, 0.29) is 0 Å². The molecule has 3 aromatic rings. The lowest BCUT2D eigenvalue weighted by Crippen LogP contribution is -1.94. The minimum absolute atomic E-state index is 0.594. The van der Waals surface area contributed by atoms with Crippen LogP contribution in [-0.2, 0) is 7.05 Å². The number of nitrogens with zero attached hydrogens (tertiary/aromatic N) is 3. The molecule has 0 N–H and O–H groups in total. The van der Waals surface area contributed by atoms with Gasteiger partial charge < -0.3 is 4.74 Å². The van der Waals surface area contributed by atoms with Gasteiger partial charge in [-0.05, 0) is 30.3 Å². The first kappa shape index (κ1) is 14.0. The van der Waals surface area contributed by atoms with Gasteiger partial charge in [0.15, 0.2) is 11.6 Å². The van der Waals surface area contributed by atoms with E-state index in [1.165, 1.54) is 0 Å². The van der Waals surface area contributed by atoms with Gasteiger partial charge in [0.2, 0.25) is 0 Å². The second-order valence-corrected chi connectivity index (χ2v) is 4.85. The van der Waals surface area contributed by atoms with E-state index in [1.807, 2.05) is 43.4 Å². The van der Waals surface area contributed by atoms with E-state index in [0.29, 0.717) is 11.4 Å². The summed E-state index contributed by atoms with van der Waals surface area (Å²) in [5, 5.41) is 4.43. The van der Waals surface area contributed by atoms with E-state index < -0.39 is 0 Å². The molecular formula is C17H15N3O2. The molecule has 5 heteroatoms. The van der Waals surface area contributed by atoms with Crippen LogP contribution in [0.3, 0.4) is 0 Å². The van der Waals surface area contributed by atoms with Gasteiger partial charge in [0, 0.05) is 23.7 Å². The summed E-state index contributed by atoms with van der Waals surface area (Å²) in [7, 11) is 3.48. The van der Waals surface area contributed by atoms with Crippen LogP contribution in [0, 0.1) is 0 Å². The molecule has 3 rings (SSSR count). The molecule has 0 amide bonds. The van der Waals surface area contributed by atoms with E-state index in [1.54, 1.807) is 23.9 Å². The fourth-order valence-electron chi connectivity index (χ4n) is 2.25. The summed E-state index contributed by atoms with van der Waals surface area (Å²) in [4.78, 5) is 15.5. The number of carbonyl (C=O) groups is 1. The number of aryl methyl sites for hydroxylation is 1. The van der Waals surface area contributed by atoms with Crippen molar-refractivity contribution in [2.45, 2.75) is 0 Å². The first-order valence-corrected chi connectivity index (χ1v) is 6.82. The van der Waals surface area contributed by atoms with Crippen LogP contribution < -0.4 is 4.74 Å². The summed E-state index contributed by atoms with van der Waals surface area (Å²) in [5.74, 6) is 2.15. The van der Waals surface area contributed by atoms with E-state index in [0.717, 1.165) is 29.0 Å². The van der Waals surface area contributed by atoms with Crippen LogP contribution in [0.1, 0.15) is 10.4 Å². The Bertz CT molecular complexity index is 807. The highest BCUT2D eigenvalue weighted by atomic mass is 16.5. The minimum atomic E-state index is 0.594. The van der Waals surface area contributed by atoms with E-state index in [2.05, 4.69) is 10.1 Å². The van der Waals surface area contributed by atoms with Gasteiger partial charge in [0.05, 0.1) is 7.11 Å².